The summed E-state index contributed by atoms with van der Waals surface area (Å²) < 4.78 is 18.4. The van der Waals surface area contributed by atoms with Gasteiger partial charge in [0, 0.05) is 24.7 Å². The fourth-order valence-corrected chi connectivity index (χ4v) is 2.76. The molecule has 1 aliphatic rings. The first kappa shape index (κ1) is 18.9. The predicted molar refractivity (Wildman–Crippen MR) is 89.9 cm³/mol. The number of benzene rings is 1. The van der Waals surface area contributed by atoms with Crippen LogP contribution in [0, 0.1) is 11.7 Å². The van der Waals surface area contributed by atoms with Gasteiger partial charge >= 0.3 is 5.97 Å². The molecule has 1 fully saturated rings. The van der Waals surface area contributed by atoms with Gasteiger partial charge in [-0.1, -0.05) is 17.7 Å². The highest BCUT2D eigenvalue weighted by molar-refractivity contribution is 6.32. The van der Waals surface area contributed by atoms with E-state index in [4.69, 9.17) is 22.1 Å². The van der Waals surface area contributed by atoms with Crippen molar-refractivity contribution < 1.29 is 23.5 Å². The lowest BCUT2D eigenvalue weighted by molar-refractivity contribution is -0.149. The lowest BCUT2D eigenvalue weighted by Crippen LogP contribution is -2.45. The lowest BCUT2D eigenvalue weighted by atomic mass is 9.97. The third-order valence-electron chi connectivity index (χ3n) is 3.90. The van der Waals surface area contributed by atoms with Crippen molar-refractivity contribution in [2.24, 2.45) is 11.7 Å². The number of likely N-dealkylation sites (tertiary alicyclic amines) is 1. The Morgan fingerprint density at radius 1 is 1.40 bits per heavy atom. The van der Waals surface area contributed by atoms with E-state index >= 15 is 0 Å². The number of halogens is 2. The maximum atomic E-state index is 13.6. The second-order valence-electron chi connectivity index (χ2n) is 5.66. The molecule has 1 aliphatic heterocycles. The molecule has 2 N–H and O–H groups in total. The van der Waals surface area contributed by atoms with Crippen molar-refractivity contribution in [3.8, 4) is 0 Å². The molecule has 1 aromatic carbocycles. The van der Waals surface area contributed by atoms with Crippen LogP contribution in [0.2, 0.25) is 5.02 Å². The van der Waals surface area contributed by atoms with Crippen LogP contribution in [-0.2, 0) is 19.1 Å². The lowest BCUT2D eigenvalue weighted by Gasteiger charge is -2.30. The molecule has 1 aromatic rings. The van der Waals surface area contributed by atoms with E-state index in [1.54, 1.807) is 0 Å². The Morgan fingerprint density at radius 2 is 2.16 bits per heavy atom. The summed E-state index contributed by atoms with van der Waals surface area (Å²) in [5, 5.41) is 0.158. The van der Waals surface area contributed by atoms with Gasteiger partial charge in [-0.2, -0.15) is 0 Å². The van der Waals surface area contributed by atoms with Crippen LogP contribution in [0.3, 0.4) is 0 Å². The third-order valence-corrected chi connectivity index (χ3v) is 4.23. The summed E-state index contributed by atoms with van der Waals surface area (Å²) in [5.41, 5.74) is 5.32. The van der Waals surface area contributed by atoms with Gasteiger partial charge in [0.25, 0.3) is 5.91 Å². The molecule has 0 aromatic heterocycles. The van der Waals surface area contributed by atoms with Crippen LogP contribution < -0.4 is 5.73 Å². The smallest absolute Gasteiger partial charge is 0.331 e. The van der Waals surface area contributed by atoms with Gasteiger partial charge in [-0.25, -0.2) is 9.18 Å². The average Bonchev–Trinajstić information content (AvgIpc) is 2.59. The number of nitrogens with zero attached hydrogens (tertiary/aromatic N) is 1. The number of hydrogen-bond acceptors (Lipinski definition) is 4. The highest BCUT2D eigenvalue weighted by Crippen LogP contribution is 2.20. The number of nitrogens with two attached hydrogens (primary N) is 1. The fourth-order valence-electron chi connectivity index (χ4n) is 2.53. The number of piperidine rings is 1. The molecular formula is C17H18ClFN2O4. The number of amides is 2. The van der Waals surface area contributed by atoms with E-state index in [0.717, 1.165) is 6.08 Å². The summed E-state index contributed by atoms with van der Waals surface area (Å²) in [7, 11) is 0. The number of carbonyl (C=O) groups excluding carboxylic acids is 3. The summed E-state index contributed by atoms with van der Waals surface area (Å²) >= 11 is 5.84. The standard InChI is InChI=1S/C17H18ClFN2O4/c18-13-4-1-5-14(19)12(13)6-7-16(23)25-10-15(22)21-8-2-3-11(9-21)17(20)24/h1,4-7,11H,2-3,8-10H2,(H2,20,24)/b7-6+/t11-/m0/s1. The average molecular weight is 369 g/mol. The Labute approximate surface area is 149 Å². The monoisotopic (exact) mass is 368 g/mol. The largest absolute Gasteiger partial charge is 0.452 e. The maximum absolute atomic E-state index is 13.6. The molecule has 8 heteroatoms. The first-order chi connectivity index (χ1) is 11.9. The van der Waals surface area contributed by atoms with Crippen LogP contribution in [-0.4, -0.2) is 42.4 Å². The summed E-state index contributed by atoms with van der Waals surface area (Å²) in [6, 6.07) is 4.15. The summed E-state index contributed by atoms with van der Waals surface area (Å²) in [5.74, 6) is -2.60. The number of esters is 1. The molecule has 25 heavy (non-hydrogen) atoms. The zero-order valence-corrected chi connectivity index (χ0v) is 14.2. The van der Waals surface area contributed by atoms with Crippen molar-refractivity contribution in [1.82, 2.24) is 4.90 Å². The normalized spacial score (nSPS) is 17.5. The number of rotatable bonds is 5. The fraction of sp³-hybridized carbons (Fsp3) is 0.353. The molecular weight excluding hydrogens is 351 g/mol. The highest BCUT2D eigenvalue weighted by atomic mass is 35.5. The van der Waals surface area contributed by atoms with Gasteiger partial charge < -0.3 is 15.4 Å². The minimum absolute atomic E-state index is 0.0628. The van der Waals surface area contributed by atoms with Crippen LogP contribution in [0.4, 0.5) is 4.39 Å². The molecule has 1 atom stereocenters. The molecule has 134 valence electrons. The zero-order valence-electron chi connectivity index (χ0n) is 13.4. The second kappa shape index (κ2) is 8.62. The maximum Gasteiger partial charge on any atom is 0.331 e. The van der Waals surface area contributed by atoms with Crippen molar-refractivity contribution in [1.29, 1.82) is 0 Å². The van der Waals surface area contributed by atoms with Crippen LogP contribution in [0.1, 0.15) is 18.4 Å². The van der Waals surface area contributed by atoms with Gasteiger partial charge in [0.1, 0.15) is 5.82 Å². The van der Waals surface area contributed by atoms with Crippen LogP contribution in [0.5, 0.6) is 0 Å². The van der Waals surface area contributed by atoms with E-state index in [1.165, 1.54) is 29.2 Å². The van der Waals surface area contributed by atoms with Gasteiger partial charge in [-0.15, -0.1) is 0 Å². The molecule has 0 unspecified atom stereocenters. The predicted octanol–water partition coefficient (Wildman–Crippen LogP) is 1.76. The van der Waals surface area contributed by atoms with Crippen molar-refractivity contribution in [2.75, 3.05) is 19.7 Å². The Kier molecular flexibility index (Phi) is 6.52. The minimum Gasteiger partial charge on any atom is -0.452 e. The van der Waals surface area contributed by atoms with Crippen LogP contribution in [0.25, 0.3) is 6.08 Å². The van der Waals surface area contributed by atoms with E-state index in [-0.39, 0.29) is 23.0 Å². The molecule has 6 nitrogen and oxygen atoms in total. The molecule has 2 amide bonds. The molecule has 1 saturated heterocycles. The first-order valence-corrected chi connectivity index (χ1v) is 8.12. The Balaban J connectivity index is 1.86. The minimum atomic E-state index is -0.795. The second-order valence-corrected chi connectivity index (χ2v) is 6.06. The topological polar surface area (TPSA) is 89.7 Å². The molecule has 0 saturated carbocycles. The third kappa shape index (κ3) is 5.29. The van der Waals surface area contributed by atoms with Crippen molar-refractivity contribution >= 4 is 35.5 Å². The summed E-state index contributed by atoms with van der Waals surface area (Å²) in [6.45, 7) is 0.257. The quantitative estimate of drug-likeness (QED) is 0.633. The highest BCUT2D eigenvalue weighted by Gasteiger charge is 2.27. The zero-order chi connectivity index (χ0) is 18.4. The Morgan fingerprint density at radius 3 is 2.84 bits per heavy atom. The summed E-state index contributed by atoms with van der Waals surface area (Å²) in [6.07, 6.45) is 3.50. The summed E-state index contributed by atoms with van der Waals surface area (Å²) in [4.78, 5) is 36.4. The van der Waals surface area contributed by atoms with Crippen molar-refractivity contribution in [3.63, 3.8) is 0 Å². The molecule has 0 bridgehead atoms. The Hall–Kier alpha value is -2.41. The molecule has 2 rings (SSSR count). The molecule has 1 heterocycles. The van der Waals surface area contributed by atoms with Gasteiger partial charge in [0.15, 0.2) is 6.61 Å². The van der Waals surface area contributed by atoms with Gasteiger partial charge in [0.2, 0.25) is 5.91 Å². The van der Waals surface area contributed by atoms with Gasteiger partial charge in [-0.3, -0.25) is 9.59 Å². The Bertz CT molecular complexity index is 688. The molecule has 0 aliphatic carbocycles. The molecule has 0 radical (unpaired) electrons. The van der Waals surface area contributed by atoms with E-state index in [0.29, 0.717) is 19.4 Å². The van der Waals surface area contributed by atoms with Crippen LogP contribution in [0.15, 0.2) is 24.3 Å². The number of hydrogen-bond donors (Lipinski definition) is 1. The van der Waals surface area contributed by atoms with E-state index in [2.05, 4.69) is 0 Å². The van der Waals surface area contributed by atoms with E-state index in [9.17, 15) is 18.8 Å². The molecule has 0 spiro atoms. The van der Waals surface area contributed by atoms with Crippen molar-refractivity contribution in [2.45, 2.75) is 12.8 Å². The SMILES string of the molecule is NC(=O)[C@H]1CCCN(C(=O)COC(=O)/C=C/c2c(F)cccc2Cl)C1. The first-order valence-electron chi connectivity index (χ1n) is 7.74. The number of carbonyl (C=O) groups is 3. The number of ether oxygens (including phenoxy) is 1. The van der Waals surface area contributed by atoms with Crippen molar-refractivity contribution in [3.05, 3.63) is 40.7 Å². The van der Waals surface area contributed by atoms with Gasteiger partial charge in [0.05, 0.1) is 10.9 Å². The number of primary amides is 1. The van der Waals surface area contributed by atoms with E-state index < -0.39 is 30.2 Å². The van der Waals surface area contributed by atoms with E-state index in [1.807, 2.05) is 0 Å². The van der Waals surface area contributed by atoms with Crippen LogP contribution >= 0.6 is 11.6 Å². The van der Waals surface area contributed by atoms with Gasteiger partial charge in [-0.05, 0) is 31.1 Å².